The van der Waals surface area contributed by atoms with Gasteiger partial charge in [0.1, 0.15) is 0 Å². The van der Waals surface area contributed by atoms with Crippen molar-refractivity contribution >= 4 is 17.3 Å². The molecule has 0 aliphatic heterocycles. The summed E-state index contributed by atoms with van der Waals surface area (Å²) in [5, 5.41) is 0. The second-order valence-corrected chi connectivity index (χ2v) is 4.81. The van der Waals surface area contributed by atoms with Crippen molar-refractivity contribution in [3.05, 3.63) is 59.7 Å². The number of nitrogens with zero attached hydrogens (tertiary/aromatic N) is 1. The van der Waals surface area contributed by atoms with Gasteiger partial charge in [-0.25, -0.2) is 0 Å². The van der Waals surface area contributed by atoms with Crippen LogP contribution in [0.3, 0.4) is 0 Å². The molecule has 0 aromatic heterocycles. The summed E-state index contributed by atoms with van der Waals surface area (Å²) in [5.74, 6) is -0.0848. The topological polar surface area (TPSA) is 72.3 Å². The van der Waals surface area contributed by atoms with Crippen molar-refractivity contribution in [3.63, 3.8) is 0 Å². The maximum atomic E-state index is 12.3. The first-order valence-electron chi connectivity index (χ1n) is 6.52. The van der Waals surface area contributed by atoms with E-state index in [2.05, 4.69) is 12.1 Å². The van der Waals surface area contributed by atoms with E-state index >= 15 is 0 Å². The van der Waals surface area contributed by atoms with Gasteiger partial charge in [0.15, 0.2) is 0 Å². The zero-order valence-corrected chi connectivity index (χ0v) is 11.5. The summed E-state index contributed by atoms with van der Waals surface area (Å²) >= 11 is 0. The Bertz CT molecular complexity index is 596. The predicted molar refractivity (Wildman–Crippen MR) is 82.4 cm³/mol. The molecule has 0 fully saturated rings. The Balaban J connectivity index is 2.01. The standard InChI is InChI=1S/C16H19N3O/c1-19(10-9-12-5-3-2-4-6-12)16(20)14-8-7-13(17)11-15(14)18/h2-8,11H,9-10,17-18H2,1H3. The maximum Gasteiger partial charge on any atom is 0.255 e. The van der Waals surface area contributed by atoms with Gasteiger partial charge in [-0.05, 0) is 30.2 Å². The van der Waals surface area contributed by atoms with E-state index in [-0.39, 0.29) is 5.91 Å². The molecule has 0 heterocycles. The lowest BCUT2D eigenvalue weighted by atomic mass is 10.1. The molecule has 0 aliphatic rings. The van der Waals surface area contributed by atoms with Crippen molar-refractivity contribution in [2.24, 2.45) is 0 Å². The van der Waals surface area contributed by atoms with Gasteiger partial charge >= 0.3 is 0 Å². The molecule has 2 rings (SSSR count). The molecule has 0 atom stereocenters. The number of likely N-dealkylation sites (N-methyl/N-ethyl adjacent to an activating group) is 1. The molecule has 0 spiro atoms. The Morgan fingerprint density at radius 1 is 1.10 bits per heavy atom. The molecular weight excluding hydrogens is 250 g/mol. The van der Waals surface area contributed by atoms with Gasteiger partial charge < -0.3 is 16.4 Å². The minimum atomic E-state index is -0.0848. The fraction of sp³-hybridized carbons (Fsp3) is 0.188. The summed E-state index contributed by atoms with van der Waals surface area (Å²) in [7, 11) is 1.78. The fourth-order valence-corrected chi connectivity index (χ4v) is 2.02. The number of hydrogen-bond donors (Lipinski definition) is 2. The molecule has 0 aliphatic carbocycles. The largest absolute Gasteiger partial charge is 0.399 e. The zero-order valence-electron chi connectivity index (χ0n) is 11.5. The molecule has 20 heavy (non-hydrogen) atoms. The minimum absolute atomic E-state index is 0.0848. The molecule has 4 nitrogen and oxygen atoms in total. The van der Waals surface area contributed by atoms with Gasteiger partial charge in [-0.2, -0.15) is 0 Å². The first kappa shape index (κ1) is 13.9. The highest BCUT2D eigenvalue weighted by Crippen LogP contribution is 2.17. The van der Waals surface area contributed by atoms with E-state index in [0.29, 0.717) is 23.5 Å². The van der Waals surface area contributed by atoms with Crippen molar-refractivity contribution in [1.29, 1.82) is 0 Å². The lowest BCUT2D eigenvalue weighted by Gasteiger charge is -2.18. The number of anilines is 2. The van der Waals surface area contributed by atoms with Gasteiger partial charge in [0.25, 0.3) is 5.91 Å². The van der Waals surface area contributed by atoms with Gasteiger partial charge in [-0.1, -0.05) is 30.3 Å². The molecule has 0 unspecified atom stereocenters. The number of hydrogen-bond acceptors (Lipinski definition) is 3. The monoisotopic (exact) mass is 269 g/mol. The molecule has 104 valence electrons. The van der Waals surface area contributed by atoms with E-state index in [1.807, 2.05) is 18.2 Å². The molecule has 0 saturated heterocycles. The SMILES string of the molecule is CN(CCc1ccccc1)C(=O)c1ccc(N)cc1N. The highest BCUT2D eigenvalue weighted by Gasteiger charge is 2.14. The number of rotatable bonds is 4. The first-order chi connectivity index (χ1) is 9.58. The molecule has 0 saturated carbocycles. The van der Waals surface area contributed by atoms with Crippen LogP contribution in [0.4, 0.5) is 11.4 Å². The molecule has 4 heteroatoms. The minimum Gasteiger partial charge on any atom is -0.399 e. The normalized spacial score (nSPS) is 10.2. The molecular formula is C16H19N3O. The lowest BCUT2D eigenvalue weighted by molar-refractivity contribution is 0.0797. The summed E-state index contributed by atoms with van der Waals surface area (Å²) < 4.78 is 0. The van der Waals surface area contributed by atoms with Crippen molar-refractivity contribution in [3.8, 4) is 0 Å². The lowest BCUT2D eigenvalue weighted by Crippen LogP contribution is -2.29. The van der Waals surface area contributed by atoms with Crippen LogP contribution in [0.2, 0.25) is 0 Å². The highest BCUT2D eigenvalue weighted by atomic mass is 16.2. The number of benzene rings is 2. The number of nitrogen functional groups attached to an aromatic ring is 2. The average Bonchev–Trinajstić information content (AvgIpc) is 2.45. The van der Waals surface area contributed by atoms with Crippen LogP contribution < -0.4 is 11.5 Å². The van der Waals surface area contributed by atoms with Crippen LogP contribution in [0.1, 0.15) is 15.9 Å². The van der Waals surface area contributed by atoms with E-state index in [4.69, 9.17) is 11.5 Å². The van der Waals surface area contributed by atoms with E-state index < -0.39 is 0 Å². The molecule has 1 amide bonds. The van der Waals surface area contributed by atoms with Crippen molar-refractivity contribution in [2.75, 3.05) is 25.1 Å². The molecule has 2 aromatic rings. The Kier molecular flexibility index (Phi) is 4.25. The summed E-state index contributed by atoms with van der Waals surface area (Å²) in [4.78, 5) is 14.0. The van der Waals surface area contributed by atoms with E-state index in [0.717, 1.165) is 6.42 Å². The van der Waals surface area contributed by atoms with Crippen molar-refractivity contribution < 1.29 is 4.79 Å². The van der Waals surface area contributed by atoms with Crippen LogP contribution in [-0.2, 0) is 6.42 Å². The van der Waals surface area contributed by atoms with Crippen molar-refractivity contribution in [2.45, 2.75) is 6.42 Å². The second-order valence-electron chi connectivity index (χ2n) is 4.81. The second kappa shape index (κ2) is 6.10. The highest BCUT2D eigenvalue weighted by molar-refractivity contribution is 5.99. The molecule has 0 radical (unpaired) electrons. The van der Waals surface area contributed by atoms with Crippen molar-refractivity contribution in [1.82, 2.24) is 4.90 Å². The molecule has 2 aromatic carbocycles. The third-order valence-electron chi connectivity index (χ3n) is 3.23. The summed E-state index contributed by atoms with van der Waals surface area (Å²) in [6.45, 7) is 0.645. The fourth-order valence-electron chi connectivity index (χ4n) is 2.02. The quantitative estimate of drug-likeness (QED) is 0.835. The average molecular weight is 269 g/mol. The summed E-state index contributed by atoms with van der Waals surface area (Å²) in [6, 6.07) is 15.0. The predicted octanol–water partition coefficient (Wildman–Crippen LogP) is 2.17. The Morgan fingerprint density at radius 3 is 2.45 bits per heavy atom. The smallest absolute Gasteiger partial charge is 0.255 e. The van der Waals surface area contributed by atoms with Crippen LogP contribution in [0.5, 0.6) is 0 Å². The van der Waals surface area contributed by atoms with Crippen LogP contribution in [0.15, 0.2) is 48.5 Å². The van der Waals surface area contributed by atoms with Gasteiger partial charge in [0, 0.05) is 25.0 Å². The Hall–Kier alpha value is -2.49. The van der Waals surface area contributed by atoms with Gasteiger partial charge in [0.05, 0.1) is 5.56 Å². The maximum absolute atomic E-state index is 12.3. The van der Waals surface area contributed by atoms with Gasteiger partial charge in [0.2, 0.25) is 0 Å². The summed E-state index contributed by atoms with van der Waals surface area (Å²) in [6.07, 6.45) is 0.817. The zero-order chi connectivity index (χ0) is 14.5. The van der Waals surface area contributed by atoms with Gasteiger partial charge in [-0.3, -0.25) is 4.79 Å². The third-order valence-corrected chi connectivity index (χ3v) is 3.23. The van der Waals surface area contributed by atoms with Crippen LogP contribution >= 0.6 is 0 Å². The van der Waals surface area contributed by atoms with E-state index in [1.165, 1.54) is 5.56 Å². The Labute approximate surface area is 119 Å². The number of carbonyl (C=O) groups excluding carboxylic acids is 1. The van der Waals surface area contributed by atoms with E-state index in [1.54, 1.807) is 30.1 Å². The third kappa shape index (κ3) is 3.29. The van der Waals surface area contributed by atoms with Gasteiger partial charge in [-0.15, -0.1) is 0 Å². The summed E-state index contributed by atoms with van der Waals surface area (Å²) in [5.41, 5.74) is 14.2. The number of carbonyl (C=O) groups is 1. The van der Waals surface area contributed by atoms with Crippen LogP contribution in [0.25, 0.3) is 0 Å². The molecule has 0 bridgehead atoms. The first-order valence-corrected chi connectivity index (χ1v) is 6.52. The number of nitrogens with two attached hydrogens (primary N) is 2. The van der Waals surface area contributed by atoms with Crippen LogP contribution in [0, 0.1) is 0 Å². The number of amides is 1. The van der Waals surface area contributed by atoms with E-state index in [9.17, 15) is 4.79 Å². The molecule has 4 N–H and O–H groups in total. The Morgan fingerprint density at radius 2 is 1.80 bits per heavy atom. The van der Waals surface area contributed by atoms with Crippen LogP contribution in [-0.4, -0.2) is 24.4 Å².